The minimum Gasteiger partial charge on any atom is -0.481 e. The second kappa shape index (κ2) is 7.61. The van der Waals surface area contributed by atoms with Crippen LogP contribution in [0.25, 0.3) is 0 Å². The molecule has 0 aliphatic heterocycles. The Morgan fingerprint density at radius 1 is 0.963 bits per heavy atom. The summed E-state index contributed by atoms with van der Waals surface area (Å²) < 4.78 is 7.04. The Balaban J connectivity index is 2.17. The minimum atomic E-state index is -2.69. The molecule has 1 fully saturated rings. The minimum absolute atomic E-state index is 0.134. The molecule has 0 radical (unpaired) electrons. The molecular weight excluding hydrogens is 352 g/mol. The van der Waals surface area contributed by atoms with Crippen molar-refractivity contribution in [2.45, 2.75) is 51.7 Å². The Labute approximate surface area is 163 Å². The van der Waals surface area contributed by atoms with E-state index in [4.69, 9.17) is 4.43 Å². The largest absolute Gasteiger partial charge is 0.481 e. The molecule has 1 unspecified atom stereocenters. The molecule has 27 heavy (non-hydrogen) atoms. The molecule has 1 aliphatic carbocycles. The molecule has 0 bridgehead atoms. The van der Waals surface area contributed by atoms with Crippen molar-refractivity contribution in [3.8, 4) is 0 Å². The van der Waals surface area contributed by atoms with Crippen LogP contribution < -0.4 is 10.4 Å². The first-order chi connectivity index (χ1) is 12.8. The lowest BCUT2D eigenvalue weighted by Crippen LogP contribution is -2.68. The van der Waals surface area contributed by atoms with E-state index in [-0.39, 0.29) is 17.1 Å². The van der Waals surface area contributed by atoms with Gasteiger partial charge in [-0.05, 0) is 34.2 Å². The smallest absolute Gasteiger partial charge is 0.309 e. The van der Waals surface area contributed by atoms with Gasteiger partial charge in [-0.2, -0.15) is 0 Å². The van der Waals surface area contributed by atoms with E-state index in [0.29, 0.717) is 0 Å². The average molecular weight is 383 g/mol. The van der Waals surface area contributed by atoms with Gasteiger partial charge in [0.2, 0.25) is 0 Å². The third-order valence-electron chi connectivity index (χ3n) is 5.95. The fourth-order valence-corrected chi connectivity index (χ4v) is 9.34. The summed E-state index contributed by atoms with van der Waals surface area (Å²) in [4.78, 5) is 12.0. The van der Waals surface area contributed by atoms with Crippen molar-refractivity contribution >= 4 is 24.7 Å². The predicted molar refractivity (Wildman–Crippen MR) is 112 cm³/mol. The van der Waals surface area contributed by atoms with E-state index in [1.54, 1.807) is 0 Å². The van der Waals surface area contributed by atoms with Crippen molar-refractivity contribution in [3.63, 3.8) is 0 Å². The summed E-state index contributed by atoms with van der Waals surface area (Å²) in [5, 5.41) is 12.1. The van der Waals surface area contributed by atoms with Crippen LogP contribution in [0.1, 0.15) is 40.5 Å². The Hall–Kier alpha value is -1.91. The summed E-state index contributed by atoms with van der Waals surface area (Å²) in [7, 11) is -2.69. The van der Waals surface area contributed by atoms with Crippen LogP contribution in [-0.4, -0.2) is 25.5 Å². The van der Waals surface area contributed by atoms with Gasteiger partial charge in [0.15, 0.2) is 0 Å². The van der Waals surface area contributed by atoms with E-state index >= 15 is 0 Å². The molecule has 1 N–H and O–H groups in total. The lowest BCUT2D eigenvalue weighted by atomic mass is 9.97. The topological polar surface area (TPSA) is 46.5 Å². The highest BCUT2D eigenvalue weighted by atomic mass is 28.4. The quantitative estimate of drug-likeness (QED) is 0.793. The fraction of sp³-hybridized carbons (Fsp3) is 0.435. The third-order valence-corrected chi connectivity index (χ3v) is 11.0. The number of carbonyl (C=O) groups is 1. The molecule has 144 valence electrons. The summed E-state index contributed by atoms with van der Waals surface area (Å²) in [6.07, 6.45) is 1.46. The highest BCUT2D eigenvalue weighted by molar-refractivity contribution is 6.99. The lowest BCUT2D eigenvalue weighted by Gasteiger charge is -2.45. The van der Waals surface area contributed by atoms with E-state index in [0.717, 1.165) is 12.8 Å². The van der Waals surface area contributed by atoms with Crippen molar-refractivity contribution in [3.05, 3.63) is 60.7 Å². The molecule has 0 heterocycles. The van der Waals surface area contributed by atoms with E-state index in [9.17, 15) is 9.90 Å². The van der Waals surface area contributed by atoms with Crippen molar-refractivity contribution in [2.75, 3.05) is 0 Å². The van der Waals surface area contributed by atoms with Gasteiger partial charge in [0.25, 0.3) is 8.32 Å². The number of carboxylic acids is 1. The Morgan fingerprint density at radius 2 is 1.44 bits per heavy atom. The number of rotatable bonds is 5. The van der Waals surface area contributed by atoms with Crippen molar-refractivity contribution in [1.82, 2.24) is 0 Å². The molecular formula is C23H30O3Si. The van der Waals surface area contributed by atoms with Crippen LogP contribution >= 0.6 is 0 Å². The number of aliphatic carboxylic acids is 1. The summed E-state index contributed by atoms with van der Waals surface area (Å²) in [6, 6.07) is 20.9. The van der Waals surface area contributed by atoms with Gasteiger partial charge in [-0.1, -0.05) is 88.4 Å². The molecule has 0 spiro atoms. The van der Waals surface area contributed by atoms with E-state index in [1.165, 1.54) is 10.4 Å². The molecule has 3 rings (SSSR count). The van der Waals surface area contributed by atoms with E-state index in [1.807, 2.05) is 19.1 Å². The SMILES string of the molecule is CC1CC[C@@H](O[Si](c2ccccc2)(c2ccccc2)C(C)(C)C)[C@@H]1C(=O)O. The highest BCUT2D eigenvalue weighted by Gasteiger charge is 2.54. The molecule has 1 aliphatic rings. The van der Waals surface area contributed by atoms with Crippen LogP contribution in [-0.2, 0) is 9.22 Å². The molecule has 2 aromatic carbocycles. The van der Waals surface area contributed by atoms with Gasteiger partial charge >= 0.3 is 5.97 Å². The van der Waals surface area contributed by atoms with Gasteiger partial charge in [-0.25, -0.2) is 0 Å². The van der Waals surface area contributed by atoms with E-state index in [2.05, 4.69) is 69.3 Å². The number of carboxylic acid groups (broad SMARTS) is 1. The second-order valence-electron chi connectivity index (χ2n) is 8.74. The van der Waals surface area contributed by atoms with Crippen molar-refractivity contribution < 1.29 is 14.3 Å². The molecule has 1 saturated carbocycles. The number of benzene rings is 2. The first-order valence-corrected chi connectivity index (χ1v) is 11.7. The van der Waals surface area contributed by atoms with Crippen LogP contribution in [0, 0.1) is 11.8 Å². The summed E-state index contributed by atoms with van der Waals surface area (Å²) >= 11 is 0. The Kier molecular flexibility index (Phi) is 5.59. The monoisotopic (exact) mass is 382 g/mol. The summed E-state index contributed by atoms with van der Waals surface area (Å²) in [6.45, 7) is 8.72. The Bertz CT molecular complexity index is 728. The third kappa shape index (κ3) is 3.61. The number of hydrogen-bond acceptors (Lipinski definition) is 2. The van der Waals surface area contributed by atoms with Gasteiger partial charge in [-0.15, -0.1) is 0 Å². The van der Waals surface area contributed by atoms with Crippen LogP contribution in [0.15, 0.2) is 60.7 Å². The van der Waals surface area contributed by atoms with Crippen molar-refractivity contribution in [1.29, 1.82) is 0 Å². The average Bonchev–Trinajstić information content (AvgIpc) is 3.00. The van der Waals surface area contributed by atoms with Gasteiger partial charge in [0.05, 0.1) is 12.0 Å². The van der Waals surface area contributed by atoms with Crippen molar-refractivity contribution in [2.24, 2.45) is 11.8 Å². The maximum atomic E-state index is 12.0. The summed E-state index contributed by atoms with van der Waals surface area (Å²) in [5.41, 5.74) is 0. The molecule has 0 aromatic heterocycles. The zero-order valence-electron chi connectivity index (χ0n) is 16.7. The first kappa shape index (κ1) is 19.8. The molecule has 2 aromatic rings. The molecule has 3 atom stereocenters. The first-order valence-electron chi connectivity index (χ1n) is 9.79. The van der Waals surface area contributed by atoms with Gasteiger partial charge in [-0.3, -0.25) is 4.79 Å². The Morgan fingerprint density at radius 3 is 1.85 bits per heavy atom. The zero-order valence-corrected chi connectivity index (χ0v) is 17.7. The fourth-order valence-electron chi connectivity index (χ4n) is 4.61. The lowest BCUT2D eigenvalue weighted by molar-refractivity contribution is -0.145. The number of hydrogen-bond donors (Lipinski definition) is 1. The predicted octanol–water partition coefficient (Wildman–Crippen LogP) is 4.06. The van der Waals surface area contributed by atoms with Crippen LogP contribution in [0.5, 0.6) is 0 Å². The van der Waals surface area contributed by atoms with Crippen LogP contribution in [0.2, 0.25) is 5.04 Å². The standard InChI is InChI=1S/C23H30O3Si/c1-17-15-16-20(21(17)22(24)25)26-27(23(2,3)4,18-11-7-5-8-12-18)19-13-9-6-10-14-19/h5-14,17,20-21H,15-16H2,1-4H3,(H,24,25)/t17?,20-,21-/m1/s1. The summed E-state index contributed by atoms with van der Waals surface area (Å²) in [5.74, 6) is -1.03. The van der Waals surface area contributed by atoms with E-state index < -0.39 is 20.2 Å². The van der Waals surface area contributed by atoms with Gasteiger partial charge < -0.3 is 9.53 Å². The highest BCUT2D eigenvalue weighted by Crippen LogP contribution is 2.42. The molecule has 0 saturated heterocycles. The van der Waals surface area contributed by atoms with Crippen LogP contribution in [0.4, 0.5) is 0 Å². The maximum Gasteiger partial charge on any atom is 0.309 e. The molecule has 0 amide bonds. The second-order valence-corrected chi connectivity index (χ2v) is 13.0. The van der Waals surface area contributed by atoms with Gasteiger partial charge in [0.1, 0.15) is 0 Å². The van der Waals surface area contributed by atoms with Gasteiger partial charge in [0, 0.05) is 0 Å². The normalized spacial score (nSPS) is 23.3. The zero-order chi connectivity index (χ0) is 19.7. The molecule has 4 heteroatoms. The maximum absolute atomic E-state index is 12.0. The molecule has 3 nitrogen and oxygen atoms in total. The van der Waals surface area contributed by atoms with Crippen LogP contribution in [0.3, 0.4) is 0 Å².